The van der Waals surface area contributed by atoms with Crippen LogP contribution in [0.1, 0.15) is 16.3 Å². The van der Waals surface area contributed by atoms with Gasteiger partial charge in [0, 0.05) is 11.3 Å². The number of hydrogen-bond donors (Lipinski definition) is 1. The van der Waals surface area contributed by atoms with E-state index in [2.05, 4.69) is 10.3 Å². The van der Waals surface area contributed by atoms with Crippen LogP contribution in [0.2, 0.25) is 0 Å². The highest BCUT2D eigenvalue weighted by Gasteiger charge is 2.11. The molecule has 0 aliphatic heterocycles. The number of aromatic nitrogens is 1. The fourth-order valence-corrected chi connectivity index (χ4v) is 2.44. The van der Waals surface area contributed by atoms with E-state index in [1.807, 2.05) is 36.4 Å². The highest BCUT2D eigenvalue weighted by atomic mass is 16.4. The molecule has 0 bridgehead atoms. The first-order valence-corrected chi connectivity index (χ1v) is 7.53. The summed E-state index contributed by atoms with van der Waals surface area (Å²) < 4.78 is 11.0. The topological polar surface area (TPSA) is 68.3 Å². The van der Waals surface area contributed by atoms with E-state index in [1.165, 1.54) is 0 Å². The number of nitrogens with one attached hydrogen (secondary N) is 1. The zero-order valence-corrected chi connectivity index (χ0v) is 12.9. The molecular weight excluding hydrogens is 304 g/mol. The van der Waals surface area contributed by atoms with E-state index in [-0.39, 0.29) is 11.7 Å². The number of nitrogens with zero attached hydrogens (tertiary/aromatic N) is 1. The van der Waals surface area contributed by atoms with Crippen molar-refractivity contribution >= 4 is 22.7 Å². The molecule has 0 saturated heterocycles. The molecule has 4 rings (SSSR count). The average molecular weight is 318 g/mol. The quantitative estimate of drug-likeness (QED) is 0.597. The summed E-state index contributed by atoms with van der Waals surface area (Å²) in [7, 11) is 0. The van der Waals surface area contributed by atoms with Gasteiger partial charge in [0.2, 0.25) is 5.89 Å². The molecule has 0 spiro atoms. The zero-order chi connectivity index (χ0) is 16.5. The van der Waals surface area contributed by atoms with Gasteiger partial charge in [0.1, 0.15) is 11.3 Å². The largest absolute Gasteiger partial charge is 0.456 e. The molecule has 1 amide bonds. The molecule has 0 unspecified atom stereocenters. The van der Waals surface area contributed by atoms with Gasteiger partial charge in [-0.25, -0.2) is 4.98 Å². The Balaban J connectivity index is 1.55. The van der Waals surface area contributed by atoms with E-state index in [0.717, 1.165) is 16.7 Å². The molecule has 118 valence electrons. The van der Waals surface area contributed by atoms with Gasteiger partial charge < -0.3 is 14.2 Å². The molecule has 0 saturated carbocycles. The number of fused-ring (bicyclic) bond motifs is 1. The summed E-state index contributed by atoms with van der Waals surface area (Å²) in [5, 5.41) is 2.79. The second-order valence-corrected chi connectivity index (χ2v) is 5.43. The van der Waals surface area contributed by atoms with E-state index < -0.39 is 0 Å². The third kappa shape index (κ3) is 2.67. The van der Waals surface area contributed by atoms with Gasteiger partial charge in [-0.1, -0.05) is 12.1 Å². The zero-order valence-electron chi connectivity index (χ0n) is 12.9. The Morgan fingerprint density at radius 1 is 0.958 bits per heavy atom. The van der Waals surface area contributed by atoms with Crippen LogP contribution in [0.25, 0.3) is 22.6 Å². The number of amides is 1. The number of rotatable bonds is 3. The first-order valence-electron chi connectivity index (χ1n) is 7.53. The van der Waals surface area contributed by atoms with Gasteiger partial charge in [0.15, 0.2) is 11.3 Å². The van der Waals surface area contributed by atoms with Crippen molar-refractivity contribution in [3.8, 4) is 11.5 Å². The summed E-state index contributed by atoms with van der Waals surface area (Å²) in [4.78, 5) is 16.5. The Kier molecular flexibility index (Phi) is 3.39. The first kappa shape index (κ1) is 14.3. The van der Waals surface area contributed by atoms with Crippen LogP contribution >= 0.6 is 0 Å². The number of anilines is 1. The van der Waals surface area contributed by atoms with Crippen LogP contribution in [0.5, 0.6) is 0 Å². The monoisotopic (exact) mass is 318 g/mol. The van der Waals surface area contributed by atoms with Crippen LogP contribution < -0.4 is 5.32 Å². The summed E-state index contributed by atoms with van der Waals surface area (Å²) in [5.74, 6) is 1.26. The molecule has 24 heavy (non-hydrogen) atoms. The maximum absolute atomic E-state index is 12.1. The molecule has 0 atom stereocenters. The predicted octanol–water partition coefficient (Wildman–Crippen LogP) is 4.65. The number of oxazole rings is 1. The number of benzene rings is 2. The molecule has 0 fully saturated rings. The van der Waals surface area contributed by atoms with Crippen LogP contribution in [0.3, 0.4) is 0 Å². The lowest BCUT2D eigenvalue weighted by molar-refractivity contribution is 0.0995. The highest BCUT2D eigenvalue weighted by Crippen LogP contribution is 2.25. The fourth-order valence-electron chi connectivity index (χ4n) is 2.44. The van der Waals surface area contributed by atoms with Crippen molar-refractivity contribution in [1.82, 2.24) is 4.98 Å². The highest BCUT2D eigenvalue weighted by molar-refractivity contribution is 6.02. The predicted molar refractivity (Wildman–Crippen MR) is 90.8 cm³/mol. The average Bonchev–Trinajstić information content (AvgIpc) is 3.21. The van der Waals surface area contributed by atoms with E-state index in [1.54, 1.807) is 31.2 Å². The molecule has 0 aliphatic rings. The Bertz CT molecular complexity index is 979. The summed E-state index contributed by atoms with van der Waals surface area (Å²) in [6.45, 7) is 1.80. The van der Waals surface area contributed by atoms with Crippen molar-refractivity contribution < 1.29 is 13.6 Å². The number of hydrogen-bond acceptors (Lipinski definition) is 4. The van der Waals surface area contributed by atoms with Gasteiger partial charge in [0.05, 0.1) is 0 Å². The SMILES string of the molecule is Cc1ccc(C(=O)Nc2ccc(-c3nc4ccccc4o3)cc2)o1. The molecule has 0 radical (unpaired) electrons. The smallest absolute Gasteiger partial charge is 0.291 e. The van der Waals surface area contributed by atoms with Crippen LogP contribution in [-0.4, -0.2) is 10.9 Å². The minimum absolute atomic E-state index is 0.280. The van der Waals surface area contributed by atoms with Gasteiger partial charge in [-0.2, -0.15) is 0 Å². The van der Waals surface area contributed by atoms with Gasteiger partial charge >= 0.3 is 0 Å². The maximum atomic E-state index is 12.1. The summed E-state index contributed by atoms with van der Waals surface area (Å²) >= 11 is 0. The molecule has 0 aliphatic carbocycles. The van der Waals surface area contributed by atoms with Crippen molar-refractivity contribution in [2.75, 3.05) is 5.32 Å². The Labute approximate surface area is 137 Å². The van der Waals surface area contributed by atoms with E-state index in [4.69, 9.17) is 8.83 Å². The lowest BCUT2D eigenvalue weighted by Gasteiger charge is -2.03. The molecule has 2 aromatic heterocycles. The molecule has 1 N–H and O–H groups in total. The molecule has 5 nitrogen and oxygen atoms in total. The van der Waals surface area contributed by atoms with Gasteiger partial charge in [0.25, 0.3) is 5.91 Å². The van der Waals surface area contributed by atoms with Gasteiger partial charge in [-0.15, -0.1) is 0 Å². The molecule has 2 heterocycles. The van der Waals surface area contributed by atoms with Gasteiger partial charge in [-0.05, 0) is 55.5 Å². The van der Waals surface area contributed by atoms with E-state index in [0.29, 0.717) is 17.3 Å². The Morgan fingerprint density at radius 2 is 1.75 bits per heavy atom. The summed E-state index contributed by atoms with van der Waals surface area (Å²) in [6.07, 6.45) is 0. The number of para-hydroxylation sites is 2. The lowest BCUT2D eigenvalue weighted by atomic mass is 10.2. The Morgan fingerprint density at radius 3 is 2.46 bits per heavy atom. The minimum Gasteiger partial charge on any atom is -0.456 e. The van der Waals surface area contributed by atoms with E-state index in [9.17, 15) is 4.79 Å². The number of aryl methyl sites for hydroxylation is 1. The third-order valence-corrected chi connectivity index (χ3v) is 3.65. The summed E-state index contributed by atoms with van der Waals surface area (Å²) in [6, 6.07) is 18.3. The minimum atomic E-state index is -0.280. The Hall–Kier alpha value is -3.34. The number of carbonyl (C=O) groups excluding carboxylic acids is 1. The fraction of sp³-hybridized carbons (Fsp3) is 0.0526. The molecular formula is C19H14N2O3. The maximum Gasteiger partial charge on any atom is 0.291 e. The first-order chi connectivity index (χ1) is 11.7. The number of carbonyl (C=O) groups is 1. The van der Waals surface area contributed by atoms with Gasteiger partial charge in [-0.3, -0.25) is 4.79 Å². The van der Waals surface area contributed by atoms with Crippen molar-refractivity contribution in [3.63, 3.8) is 0 Å². The van der Waals surface area contributed by atoms with Crippen molar-refractivity contribution in [2.45, 2.75) is 6.92 Å². The second-order valence-electron chi connectivity index (χ2n) is 5.43. The normalized spacial score (nSPS) is 10.9. The van der Waals surface area contributed by atoms with Crippen LogP contribution in [0.4, 0.5) is 5.69 Å². The van der Waals surface area contributed by atoms with Crippen LogP contribution in [-0.2, 0) is 0 Å². The third-order valence-electron chi connectivity index (χ3n) is 3.65. The van der Waals surface area contributed by atoms with Crippen LogP contribution in [0.15, 0.2) is 69.5 Å². The molecule has 4 aromatic rings. The molecule has 2 aromatic carbocycles. The molecule has 5 heteroatoms. The van der Waals surface area contributed by atoms with E-state index >= 15 is 0 Å². The lowest BCUT2D eigenvalue weighted by Crippen LogP contribution is -2.10. The van der Waals surface area contributed by atoms with Crippen molar-refractivity contribution in [1.29, 1.82) is 0 Å². The standard InChI is InChI=1S/C19H14N2O3/c1-12-6-11-17(23-12)18(22)20-14-9-7-13(8-10-14)19-21-15-4-2-3-5-16(15)24-19/h2-11H,1H3,(H,20,22). The van der Waals surface area contributed by atoms with Crippen molar-refractivity contribution in [2.24, 2.45) is 0 Å². The second kappa shape index (κ2) is 5.70. The van der Waals surface area contributed by atoms with Crippen LogP contribution in [0, 0.1) is 6.92 Å². The van der Waals surface area contributed by atoms with Crippen molar-refractivity contribution in [3.05, 3.63) is 72.2 Å². The summed E-state index contributed by atoms with van der Waals surface area (Å²) in [5.41, 5.74) is 3.09. The number of furan rings is 1.